The van der Waals surface area contributed by atoms with E-state index in [1.54, 1.807) is 24.5 Å². The highest BCUT2D eigenvalue weighted by atomic mass is 19.4. The molecule has 2 atom stereocenters. The molecule has 0 aliphatic carbocycles. The third-order valence-electron chi connectivity index (χ3n) is 7.74. The van der Waals surface area contributed by atoms with Gasteiger partial charge < -0.3 is 27.5 Å². The maximum absolute atomic E-state index is 13.8. The smallest absolute Gasteiger partial charge is 0.370 e. The third kappa shape index (κ3) is 8.83. The molecule has 0 aliphatic heterocycles. The number of aliphatic imine (C=N–C) groups is 1. The van der Waals surface area contributed by atoms with Crippen molar-refractivity contribution in [2.24, 2.45) is 22.2 Å². The van der Waals surface area contributed by atoms with Crippen LogP contribution >= 0.6 is 0 Å². The Morgan fingerprint density at radius 1 is 1.11 bits per heavy atom. The number of aryl methyl sites for hydroxylation is 1. The van der Waals surface area contributed by atoms with Crippen molar-refractivity contribution >= 4 is 17.0 Å². The van der Waals surface area contributed by atoms with Gasteiger partial charge in [0.05, 0.1) is 23.1 Å². The Morgan fingerprint density at radius 3 is 2.57 bits per heavy atom. The lowest BCUT2D eigenvalue weighted by Crippen LogP contribution is -2.26. The highest BCUT2D eigenvalue weighted by molar-refractivity contribution is 5.83. The Hall–Kier alpha value is -5.02. The molecule has 2 aromatic carbocycles. The summed E-state index contributed by atoms with van der Waals surface area (Å²) in [6.45, 7) is 3.01. The number of rotatable bonds is 14. The van der Waals surface area contributed by atoms with Crippen molar-refractivity contribution in [3.05, 3.63) is 93.8 Å². The quantitative estimate of drug-likeness (QED) is 0.0595. The van der Waals surface area contributed by atoms with Crippen LogP contribution in [0.25, 0.3) is 28.0 Å². The van der Waals surface area contributed by atoms with E-state index in [0.717, 1.165) is 23.7 Å². The lowest BCUT2D eigenvalue weighted by Gasteiger charge is -2.19. The van der Waals surface area contributed by atoms with Gasteiger partial charge in [0.1, 0.15) is 5.65 Å². The van der Waals surface area contributed by atoms with Gasteiger partial charge in [-0.05, 0) is 92.2 Å². The van der Waals surface area contributed by atoms with E-state index in [0.29, 0.717) is 66.7 Å². The van der Waals surface area contributed by atoms with Gasteiger partial charge in [-0.1, -0.05) is 12.1 Å². The van der Waals surface area contributed by atoms with Crippen LogP contribution in [-0.4, -0.2) is 55.0 Å². The first kappa shape index (κ1) is 33.3. The van der Waals surface area contributed by atoms with Crippen molar-refractivity contribution in [2.75, 3.05) is 13.1 Å². The van der Waals surface area contributed by atoms with Crippen LogP contribution in [-0.2, 0) is 19.0 Å². The van der Waals surface area contributed by atoms with E-state index in [9.17, 15) is 18.0 Å². The first-order valence-corrected chi connectivity index (χ1v) is 15.3. The molecule has 12 nitrogen and oxygen atoms in total. The molecule has 248 valence electrons. The molecule has 0 spiro atoms. The first-order valence-electron chi connectivity index (χ1n) is 15.3. The molecule has 0 bridgehead atoms. The molecule has 5 aromatic rings. The van der Waals surface area contributed by atoms with E-state index in [-0.39, 0.29) is 23.7 Å². The molecule has 0 unspecified atom stereocenters. The van der Waals surface area contributed by atoms with Crippen LogP contribution in [0.4, 0.5) is 13.2 Å². The first-order chi connectivity index (χ1) is 22.5. The summed E-state index contributed by atoms with van der Waals surface area (Å²) in [5.41, 5.74) is 19.4. The predicted octanol–water partition coefficient (Wildman–Crippen LogP) is 3.72. The second-order valence-corrected chi connectivity index (χ2v) is 11.6. The van der Waals surface area contributed by atoms with Crippen LogP contribution in [0.5, 0.6) is 0 Å². The van der Waals surface area contributed by atoms with Gasteiger partial charge in [-0.25, -0.2) is 4.79 Å². The Morgan fingerprint density at radius 2 is 1.89 bits per heavy atom. The van der Waals surface area contributed by atoms with Gasteiger partial charge in [-0.3, -0.25) is 9.56 Å². The molecule has 0 saturated heterocycles. The third-order valence-corrected chi connectivity index (χ3v) is 7.74. The van der Waals surface area contributed by atoms with E-state index in [1.807, 2.05) is 31.2 Å². The molecule has 0 aliphatic rings. The van der Waals surface area contributed by atoms with Gasteiger partial charge in [0.25, 0.3) is 0 Å². The number of nitrogens with zero attached hydrogens (tertiary/aromatic N) is 5. The van der Waals surface area contributed by atoms with Crippen LogP contribution < -0.4 is 28.2 Å². The van der Waals surface area contributed by atoms with Gasteiger partial charge in [0.2, 0.25) is 0 Å². The average Bonchev–Trinajstić information content (AvgIpc) is 3.69. The molecule has 0 radical (unpaired) electrons. The molecule has 15 heteroatoms. The molecule has 9 N–H and O–H groups in total. The van der Waals surface area contributed by atoms with Gasteiger partial charge >= 0.3 is 11.9 Å². The van der Waals surface area contributed by atoms with Crippen LogP contribution in [0.3, 0.4) is 0 Å². The number of aromatic nitrogens is 6. The monoisotopic (exact) mass is 649 g/mol. The fraction of sp³-hybridized carbons (Fsp3) is 0.344. The SMILES string of the molecule is C[C@H](N)CCCc1cc(-c2cc3cn(-c4ccc([C@H](Cc5cn[nH]n5)NCCCN=C(N)N)cc4)c(=O)nc3[nH]2)cc(C(F)(F)F)c1. The Labute approximate surface area is 268 Å². The minimum Gasteiger partial charge on any atom is -0.370 e. The molecule has 0 fully saturated rings. The highest BCUT2D eigenvalue weighted by Crippen LogP contribution is 2.34. The second kappa shape index (κ2) is 14.6. The number of nitrogens with one attached hydrogen (secondary N) is 3. The number of aromatic amines is 2. The average molecular weight is 650 g/mol. The molecule has 3 heterocycles. The maximum atomic E-state index is 13.8. The summed E-state index contributed by atoms with van der Waals surface area (Å²) in [5, 5.41) is 14.8. The van der Waals surface area contributed by atoms with E-state index in [4.69, 9.17) is 17.2 Å². The zero-order chi connectivity index (χ0) is 33.6. The fourth-order valence-electron chi connectivity index (χ4n) is 5.39. The van der Waals surface area contributed by atoms with Gasteiger partial charge in [-0.15, -0.1) is 0 Å². The van der Waals surface area contributed by atoms with Crippen LogP contribution in [0, 0.1) is 0 Å². The minimum atomic E-state index is -4.51. The standard InChI is InChI=1S/C32H38F3N11O/c1-19(36)4-2-5-20-12-22(14-24(13-20)32(33,34)35)28-15-23-18-46(31(47)43-29(23)42-28)26-8-6-21(7-9-26)27(16-25-17-41-45-44-25)39-10-3-11-40-30(37)38/h6-9,12-15,17-19,27,39H,2-5,10-11,16,36H2,1H3,(H4,37,38,40)(H,41,44,45)(H,42,43,47)/t19-,27-/m0/s1. The van der Waals surface area contributed by atoms with Gasteiger partial charge in [0.15, 0.2) is 5.96 Å². The summed E-state index contributed by atoms with van der Waals surface area (Å²) < 4.78 is 42.8. The minimum absolute atomic E-state index is 0.0328. The molecule has 0 saturated carbocycles. The number of fused-ring (bicyclic) bond motifs is 1. The largest absolute Gasteiger partial charge is 0.416 e. The van der Waals surface area contributed by atoms with Crippen molar-refractivity contribution in [3.63, 3.8) is 0 Å². The number of H-pyrrole nitrogens is 2. The molecular formula is C32H38F3N11O. The van der Waals surface area contributed by atoms with Crippen molar-refractivity contribution in [1.29, 1.82) is 0 Å². The number of benzene rings is 2. The van der Waals surface area contributed by atoms with Crippen LogP contribution in [0.1, 0.15) is 54.6 Å². The predicted molar refractivity (Wildman–Crippen MR) is 175 cm³/mol. The van der Waals surface area contributed by atoms with Crippen molar-refractivity contribution in [2.45, 2.75) is 57.3 Å². The highest BCUT2D eigenvalue weighted by Gasteiger charge is 2.31. The molecule has 5 rings (SSSR count). The molecule has 3 aromatic heterocycles. The number of hydrogen-bond acceptors (Lipinski definition) is 7. The number of hydrogen-bond donors (Lipinski definition) is 6. The summed E-state index contributed by atoms with van der Waals surface area (Å²) in [5.74, 6) is 0.0482. The van der Waals surface area contributed by atoms with E-state index >= 15 is 0 Å². The topological polar surface area (TPSA) is 195 Å². The lowest BCUT2D eigenvalue weighted by molar-refractivity contribution is -0.137. The zero-order valence-corrected chi connectivity index (χ0v) is 25.9. The number of nitrogens with two attached hydrogens (primary N) is 3. The summed E-state index contributed by atoms with van der Waals surface area (Å²) >= 11 is 0. The van der Waals surface area contributed by atoms with Crippen LogP contribution in [0.15, 0.2) is 70.7 Å². The van der Waals surface area contributed by atoms with Crippen molar-refractivity contribution in [3.8, 4) is 16.9 Å². The maximum Gasteiger partial charge on any atom is 0.416 e. The van der Waals surface area contributed by atoms with Gasteiger partial charge in [-0.2, -0.15) is 33.6 Å². The number of guanidine groups is 1. The molecule has 0 amide bonds. The number of halogens is 3. The normalized spacial score (nSPS) is 13.1. The fourth-order valence-corrected chi connectivity index (χ4v) is 5.39. The second-order valence-electron chi connectivity index (χ2n) is 11.6. The molecule has 47 heavy (non-hydrogen) atoms. The van der Waals surface area contributed by atoms with Crippen LogP contribution in [0.2, 0.25) is 0 Å². The van der Waals surface area contributed by atoms with Gasteiger partial charge in [0, 0.05) is 42.3 Å². The summed E-state index contributed by atoms with van der Waals surface area (Å²) in [6.07, 6.45) is 1.91. The Bertz CT molecular complexity index is 1860. The Balaban J connectivity index is 1.40. The summed E-state index contributed by atoms with van der Waals surface area (Å²) in [7, 11) is 0. The molecular weight excluding hydrogens is 611 g/mol. The lowest BCUT2D eigenvalue weighted by atomic mass is 9.99. The van der Waals surface area contributed by atoms with Crippen molar-refractivity contribution in [1.82, 2.24) is 35.3 Å². The summed E-state index contributed by atoms with van der Waals surface area (Å²) in [4.78, 5) is 24.3. The zero-order valence-electron chi connectivity index (χ0n) is 25.9. The van der Waals surface area contributed by atoms with E-state index in [2.05, 4.69) is 35.7 Å². The van der Waals surface area contributed by atoms with E-state index < -0.39 is 17.4 Å². The summed E-state index contributed by atoms with van der Waals surface area (Å²) in [6, 6.07) is 13.0. The Kier molecular flexibility index (Phi) is 10.4. The van der Waals surface area contributed by atoms with Crippen molar-refractivity contribution < 1.29 is 13.2 Å². The number of alkyl halides is 3. The van der Waals surface area contributed by atoms with E-state index in [1.165, 1.54) is 10.6 Å².